The molecule has 3 rings (SSSR count). The van der Waals surface area contributed by atoms with Crippen LogP contribution in [0.2, 0.25) is 0 Å². The quantitative estimate of drug-likeness (QED) is 0.423. The Balaban J connectivity index is 2.02. The minimum absolute atomic E-state index is 0.0415. The van der Waals surface area contributed by atoms with Gasteiger partial charge in [0.15, 0.2) is 0 Å². The van der Waals surface area contributed by atoms with Gasteiger partial charge >= 0.3 is 0 Å². The summed E-state index contributed by atoms with van der Waals surface area (Å²) in [6.07, 6.45) is 4.32. The Morgan fingerprint density at radius 2 is 1.88 bits per heavy atom. The van der Waals surface area contributed by atoms with E-state index in [4.69, 9.17) is 0 Å². The van der Waals surface area contributed by atoms with E-state index >= 15 is 0 Å². The lowest BCUT2D eigenvalue weighted by atomic mass is 9.87. The summed E-state index contributed by atoms with van der Waals surface area (Å²) in [6.45, 7) is 8.86. The summed E-state index contributed by atoms with van der Waals surface area (Å²) in [5, 5.41) is 0. The van der Waals surface area contributed by atoms with Crippen LogP contribution in [0.25, 0.3) is 5.57 Å². The Hall–Kier alpha value is -1.62. The fourth-order valence-corrected chi connectivity index (χ4v) is 3.68. The predicted molar refractivity (Wildman–Crippen MR) is 114 cm³/mol. The fourth-order valence-electron chi connectivity index (χ4n) is 3.16. The van der Waals surface area contributed by atoms with Gasteiger partial charge < -0.3 is 4.90 Å². The molecule has 0 unspecified atom stereocenters. The number of likely N-dealkylation sites (N-methyl/N-ethyl adjacent to an activating group) is 1. The van der Waals surface area contributed by atoms with E-state index in [-0.39, 0.29) is 5.54 Å². The zero-order chi connectivity index (χ0) is 17.5. The second-order valence-electron chi connectivity index (χ2n) is 7.00. The van der Waals surface area contributed by atoms with E-state index < -0.39 is 0 Å². The van der Waals surface area contributed by atoms with Crippen molar-refractivity contribution in [3.05, 3.63) is 62.7 Å². The van der Waals surface area contributed by atoms with Crippen molar-refractivity contribution in [1.29, 1.82) is 0 Å². The lowest BCUT2D eigenvalue weighted by Crippen LogP contribution is -2.42. The van der Waals surface area contributed by atoms with Gasteiger partial charge in [-0.3, -0.25) is 4.99 Å². The van der Waals surface area contributed by atoms with Crippen LogP contribution in [0.15, 0.2) is 47.5 Å². The van der Waals surface area contributed by atoms with Crippen LogP contribution in [0, 0.1) is 10.5 Å². The molecule has 0 N–H and O–H groups in total. The number of hydrogen-bond acceptors (Lipinski definition) is 2. The maximum absolute atomic E-state index is 4.66. The topological polar surface area (TPSA) is 15.6 Å². The van der Waals surface area contributed by atoms with Crippen LogP contribution in [0.5, 0.6) is 0 Å². The molecule has 0 atom stereocenters. The minimum Gasteiger partial charge on any atom is -0.365 e. The summed E-state index contributed by atoms with van der Waals surface area (Å²) in [7, 11) is 2.17. The first kappa shape index (κ1) is 17.2. The molecule has 0 spiro atoms. The molecule has 1 aliphatic rings. The standard InChI is InChI=1S/C21H23IN2/c1-14-9-20-19(15(2)12-21(3,4)24(20)5)10-16(14)13-23-18-8-6-7-17(22)11-18/h6-13H,1-5H3. The van der Waals surface area contributed by atoms with E-state index in [1.54, 1.807) is 0 Å². The Bertz CT molecular complexity index is 847. The van der Waals surface area contributed by atoms with Crippen molar-refractivity contribution < 1.29 is 0 Å². The lowest BCUT2D eigenvalue weighted by molar-refractivity contribution is 0.597. The molecule has 0 fully saturated rings. The highest BCUT2D eigenvalue weighted by Crippen LogP contribution is 2.39. The van der Waals surface area contributed by atoms with E-state index in [1.165, 1.54) is 31.5 Å². The highest BCUT2D eigenvalue weighted by Gasteiger charge is 2.28. The number of fused-ring (bicyclic) bond motifs is 1. The number of allylic oxidation sites excluding steroid dienone is 1. The van der Waals surface area contributed by atoms with Crippen LogP contribution in [0.1, 0.15) is 37.5 Å². The molecule has 124 valence electrons. The summed E-state index contributed by atoms with van der Waals surface area (Å²) in [5.41, 5.74) is 7.38. The number of halogens is 1. The van der Waals surface area contributed by atoms with E-state index in [2.05, 4.69) is 97.6 Å². The van der Waals surface area contributed by atoms with Crippen molar-refractivity contribution >= 4 is 45.8 Å². The van der Waals surface area contributed by atoms with Crippen LogP contribution >= 0.6 is 22.6 Å². The number of anilines is 1. The van der Waals surface area contributed by atoms with Crippen molar-refractivity contribution in [3.8, 4) is 0 Å². The van der Waals surface area contributed by atoms with Gasteiger partial charge in [-0.15, -0.1) is 0 Å². The largest absolute Gasteiger partial charge is 0.365 e. The Morgan fingerprint density at radius 1 is 1.12 bits per heavy atom. The van der Waals surface area contributed by atoms with E-state index in [0.29, 0.717) is 0 Å². The van der Waals surface area contributed by atoms with Crippen molar-refractivity contribution in [2.24, 2.45) is 4.99 Å². The number of nitrogens with zero attached hydrogens (tertiary/aromatic N) is 2. The molecule has 0 radical (unpaired) electrons. The first-order chi connectivity index (χ1) is 11.3. The molecule has 2 nitrogen and oxygen atoms in total. The summed E-state index contributed by atoms with van der Waals surface area (Å²) in [5.74, 6) is 0. The zero-order valence-corrected chi connectivity index (χ0v) is 17.0. The third kappa shape index (κ3) is 3.27. The average molecular weight is 430 g/mol. The van der Waals surface area contributed by atoms with Crippen molar-refractivity contribution in [3.63, 3.8) is 0 Å². The van der Waals surface area contributed by atoms with Crippen LogP contribution in [0.3, 0.4) is 0 Å². The molecule has 2 aromatic carbocycles. The fraction of sp³-hybridized carbons (Fsp3) is 0.286. The SMILES string of the molecule is CC1=CC(C)(C)N(C)c2cc(C)c(C=Nc3cccc(I)c3)cc21. The molecule has 0 aliphatic carbocycles. The number of aliphatic imine (C=N–C) groups is 1. The zero-order valence-electron chi connectivity index (χ0n) is 14.9. The minimum atomic E-state index is 0.0415. The van der Waals surface area contributed by atoms with E-state index in [9.17, 15) is 0 Å². The van der Waals surface area contributed by atoms with Gasteiger partial charge in [-0.2, -0.15) is 0 Å². The number of hydrogen-bond donors (Lipinski definition) is 0. The van der Waals surface area contributed by atoms with Gasteiger partial charge in [0.05, 0.1) is 11.2 Å². The molecule has 24 heavy (non-hydrogen) atoms. The molecule has 0 aromatic heterocycles. The van der Waals surface area contributed by atoms with Crippen molar-refractivity contribution in [1.82, 2.24) is 0 Å². The van der Waals surface area contributed by atoms with Gasteiger partial charge in [0.25, 0.3) is 0 Å². The summed E-state index contributed by atoms with van der Waals surface area (Å²) < 4.78 is 1.20. The molecule has 0 amide bonds. The summed E-state index contributed by atoms with van der Waals surface area (Å²) >= 11 is 2.32. The molecule has 0 bridgehead atoms. The first-order valence-electron chi connectivity index (χ1n) is 8.16. The first-order valence-corrected chi connectivity index (χ1v) is 9.24. The lowest BCUT2D eigenvalue weighted by Gasteiger charge is -2.41. The van der Waals surface area contributed by atoms with Crippen molar-refractivity contribution in [2.45, 2.75) is 33.2 Å². The molecule has 1 heterocycles. The van der Waals surface area contributed by atoms with E-state index in [1.807, 2.05) is 18.3 Å². The third-order valence-corrected chi connectivity index (χ3v) is 5.44. The van der Waals surface area contributed by atoms with Gasteiger partial charge in [0.1, 0.15) is 0 Å². The average Bonchev–Trinajstić information content (AvgIpc) is 2.51. The molecule has 0 saturated heterocycles. The smallest absolute Gasteiger partial charge is 0.0640 e. The second kappa shape index (κ2) is 6.36. The van der Waals surface area contributed by atoms with Crippen LogP contribution in [0.4, 0.5) is 11.4 Å². The highest BCUT2D eigenvalue weighted by molar-refractivity contribution is 14.1. The van der Waals surface area contributed by atoms with Crippen molar-refractivity contribution in [2.75, 3.05) is 11.9 Å². The molecule has 2 aromatic rings. The number of benzene rings is 2. The Labute approximate surface area is 158 Å². The van der Waals surface area contributed by atoms with Gasteiger partial charge in [0.2, 0.25) is 0 Å². The number of aryl methyl sites for hydroxylation is 1. The number of rotatable bonds is 2. The second-order valence-corrected chi connectivity index (χ2v) is 8.25. The highest BCUT2D eigenvalue weighted by atomic mass is 127. The van der Waals surface area contributed by atoms with Crippen LogP contribution in [-0.4, -0.2) is 18.8 Å². The normalized spacial score (nSPS) is 16.2. The summed E-state index contributed by atoms with van der Waals surface area (Å²) in [4.78, 5) is 7.01. The Kier molecular flexibility index (Phi) is 4.56. The monoisotopic (exact) mass is 430 g/mol. The van der Waals surface area contributed by atoms with Gasteiger partial charge in [0, 0.05) is 28.1 Å². The van der Waals surface area contributed by atoms with Crippen LogP contribution < -0.4 is 4.90 Å². The maximum Gasteiger partial charge on any atom is 0.0640 e. The molecular weight excluding hydrogens is 407 g/mol. The molecule has 3 heteroatoms. The van der Waals surface area contributed by atoms with Gasteiger partial charge in [-0.1, -0.05) is 12.1 Å². The maximum atomic E-state index is 4.66. The molecular formula is C21H23IN2. The summed E-state index contributed by atoms with van der Waals surface area (Å²) in [6, 6.07) is 12.8. The van der Waals surface area contributed by atoms with E-state index in [0.717, 1.165) is 5.69 Å². The molecule has 0 saturated carbocycles. The molecule has 1 aliphatic heterocycles. The van der Waals surface area contributed by atoms with Gasteiger partial charge in [-0.05, 0) is 97.3 Å². The predicted octanol–water partition coefficient (Wildman–Crippen LogP) is 5.98. The van der Waals surface area contributed by atoms with Gasteiger partial charge in [-0.25, -0.2) is 0 Å². The van der Waals surface area contributed by atoms with Crippen LogP contribution in [-0.2, 0) is 0 Å². The Morgan fingerprint density at radius 3 is 2.58 bits per heavy atom. The third-order valence-electron chi connectivity index (χ3n) is 4.77.